The number of pyridine rings is 1. The highest BCUT2D eigenvalue weighted by molar-refractivity contribution is 9.10. The Morgan fingerprint density at radius 2 is 2.11 bits per heavy atom. The second kappa shape index (κ2) is 5.99. The van der Waals surface area contributed by atoms with Gasteiger partial charge in [0.15, 0.2) is 0 Å². The molecule has 98 valence electrons. The molecule has 0 fully saturated rings. The Morgan fingerprint density at radius 3 is 2.74 bits per heavy atom. The minimum atomic E-state index is 0.235. The number of aromatic nitrogens is 1. The number of benzene rings is 1. The fourth-order valence-electron chi connectivity index (χ4n) is 1.41. The van der Waals surface area contributed by atoms with E-state index in [1.807, 2.05) is 6.07 Å². The maximum atomic E-state index is 5.67. The van der Waals surface area contributed by atoms with Crippen molar-refractivity contribution in [2.75, 3.05) is 7.11 Å². The normalized spacial score (nSPS) is 10.0. The molecular weight excluding hydrogens is 328 g/mol. The average Bonchev–Trinajstić information content (AvgIpc) is 2.41. The minimum absolute atomic E-state index is 0.235. The number of methoxy groups -OCH3 is 1. The molecule has 0 spiro atoms. The number of nitrogens with zero attached hydrogens (tertiary/aromatic N) is 1. The molecule has 2 N–H and O–H groups in total. The minimum Gasteiger partial charge on any atom is -0.497 e. The zero-order valence-corrected chi connectivity index (χ0v) is 12.5. The van der Waals surface area contributed by atoms with E-state index in [9.17, 15) is 0 Å². The molecule has 0 atom stereocenters. The van der Waals surface area contributed by atoms with Gasteiger partial charge in [0.2, 0.25) is 5.88 Å². The van der Waals surface area contributed by atoms with Crippen molar-refractivity contribution < 1.29 is 9.47 Å². The van der Waals surface area contributed by atoms with Crippen LogP contribution in [0, 0.1) is 0 Å². The summed E-state index contributed by atoms with van der Waals surface area (Å²) in [5.74, 6) is 1.80. The number of nitrogens with two attached hydrogens (primary N) is 1. The summed E-state index contributed by atoms with van der Waals surface area (Å²) in [4.78, 5) is 4.45. The van der Waals surface area contributed by atoms with Crippen LogP contribution in [0.15, 0.2) is 40.9 Å². The Balaban J connectivity index is 2.26. The first-order chi connectivity index (χ1) is 9.10. The third-order valence-electron chi connectivity index (χ3n) is 2.33. The van der Waals surface area contributed by atoms with Gasteiger partial charge in [0.1, 0.15) is 22.2 Å². The van der Waals surface area contributed by atoms with E-state index in [2.05, 4.69) is 20.9 Å². The lowest BCUT2D eigenvalue weighted by Crippen LogP contribution is -2.11. The first-order valence-electron chi connectivity index (χ1n) is 5.38. The summed E-state index contributed by atoms with van der Waals surface area (Å²) in [6.07, 6.45) is 0. The molecule has 6 heteroatoms. The molecular formula is C13H11BrN2O2S. The van der Waals surface area contributed by atoms with Gasteiger partial charge in [-0.1, -0.05) is 18.3 Å². The summed E-state index contributed by atoms with van der Waals surface area (Å²) in [6.45, 7) is 0. The van der Waals surface area contributed by atoms with Gasteiger partial charge in [0, 0.05) is 6.07 Å². The molecule has 0 saturated heterocycles. The van der Waals surface area contributed by atoms with E-state index in [4.69, 9.17) is 27.4 Å². The van der Waals surface area contributed by atoms with E-state index >= 15 is 0 Å². The van der Waals surface area contributed by atoms with Crippen LogP contribution in [-0.4, -0.2) is 17.1 Å². The van der Waals surface area contributed by atoms with E-state index in [0.717, 1.165) is 10.2 Å². The number of halogens is 1. The Morgan fingerprint density at radius 1 is 1.32 bits per heavy atom. The van der Waals surface area contributed by atoms with Crippen molar-refractivity contribution in [1.82, 2.24) is 4.98 Å². The largest absolute Gasteiger partial charge is 0.497 e. The van der Waals surface area contributed by atoms with E-state index in [0.29, 0.717) is 17.3 Å². The quantitative estimate of drug-likeness (QED) is 0.867. The van der Waals surface area contributed by atoms with Gasteiger partial charge in [-0.2, -0.15) is 0 Å². The van der Waals surface area contributed by atoms with Gasteiger partial charge in [-0.3, -0.25) is 0 Å². The number of hydrogen-bond donors (Lipinski definition) is 1. The lowest BCUT2D eigenvalue weighted by molar-refractivity contribution is 0.411. The second-order valence-corrected chi connectivity index (χ2v) is 4.92. The van der Waals surface area contributed by atoms with Crippen LogP contribution in [0.5, 0.6) is 17.4 Å². The number of hydrogen-bond acceptors (Lipinski definition) is 4. The summed E-state index contributed by atoms with van der Waals surface area (Å²) in [5.41, 5.74) is 6.06. The molecule has 0 amide bonds. The highest BCUT2D eigenvalue weighted by atomic mass is 79.9. The molecule has 0 unspecified atom stereocenters. The summed E-state index contributed by atoms with van der Waals surface area (Å²) in [7, 11) is 1.61. The zero-order chi connectivity index (χ0) is 13.8. The van der Waals surface area contributed by atoms with E-state index in [-0.39, 0.29) is 4.99 Å². The van der Waals surface area contributed by atoms with Gasteiger partial charge in [-0.15, -0.1) is 0 Å². The van der Waals surface area contributed by atoms with Crippen molar-refractivity contribution in [3.8, 4) is 17.4 Å². The highest BCUT2D eigenvalue weighted by Gasteiger charge is 2.06. The molecule has 0 radical (unpaired) electrons. The monoisotopic (exact) mass is 338 g/mol. The van der Waals surface area contributed by atoms with Crippen LogP contribution in [0.1, 0.15) is 5.69 Å². The van der Waals surface area contributed by atoms with Gasteiger partial charge in [0.05, 0.1) is 11.6 Å². The van der Waals surface area contributed by atoms with Crippen molar-refractivity contribution in [1.29, 1.82) is 0 Å². The maximum absolute atomic E-state index is 5.67. The van der Waals surface area contributed by atoms with Crippen LogP contribution in [0.4, 0.5) is 0 Å². The van der Waals surface area contributed by atoms with E-state index in [1.54, 1.807) is 37.4 Å². The Bertz CT molecular complexity index is 619. The van der Waals surface area contributed by atoms with Crippen molar-refractivity contribution >= 4 is 33.1 Å². The van der Waals surface area contributed by atoms with Crippen LogP contribution in [-0.2, 0) is 0 Å². The molecule has 0 aliphatic carbocycles. The van der Waals surface area contributed by atoms with Crippen molar-refractivity contribution in [3.05, 3.63) is 46.6 Å². The number of thiocarbonyl (C=S) groups is 1. The molecule has 0 aliphatic rings. The highest BCUT2D eigenvalue weighted by Crippen LogP contribution is 2.32. The van der Waals surface area contributed by atoms with Gasteiger partial charge < -0.3 is 15.2 Å². The van der Waals surface area contributed by atoms with Crippen molar-refractivity contribution in [2.45, 2.75) is 0 Å². The molecule has 0 aliphatic heterocycles. The fraction of sp³-hybridized carbons (Fsp3) is 0.0769. The fourth-order valence-corrected chi connectivity index (χ4v) is 1.97. The van der Waals surface area contributed by atoms with Gasteiger partial charge in [-0.05, 0) is 40.2 Å². The Kier molecular flexibility index (Phi) is 4.34. The Hall–Kier alpha value is -1.66. The van der Waals surface area contributed by atoms with Crippen LogP contribution < -0.4 is 15.2 Å². The lowest BCUT2D eigenvalue weighted by Gasteiger charge is -2.09. The molecule has 0 bridgehead atoms. The Labute approximate surface area is 124 Å². The van der Waals surface area contributed by atoms with Gasteiger partial charge in [-0.25, -0.2) is 4.98 Å². The summed E-state index contributed by atoms with van der Waals surface area (Å²) in [5, 5.41) is 0. The molecule has 19 heavy (non-hydrogen) atoms. The predicted octanol–water partition coefficient (Wildman–Crippen LogP) is 3.28. The maximum Gasteiger partial charge on any atom is 0.219 e. The smallest absolute Gasteiger partial charge is 0.219 e. The van der Waals surface area contributed by atoms with E-state index in [1.165, 1.54) is 0 Å². The SMILES string of the molecule is COc1ccc(Oc2cccc(C(N)=S)n2)c(Br)c1. The second-order valence-electron chi connectivity index (χ2n) is 3.62. The topological polar surface area (TPSA) is 57.4 Å². The molecule has 1 heterocycles. The van der Waals surface area contributed by atoms with Crippen LogP contribution in [0.25, 0.3) is 0 Å². The first kappa shape index (κ1) is 13.8. The predicted molar refractivity (Wildman–Crippen MR) is 80.9 cm³/mol. The molecule has 4 nitrogen and oxygen atoms in total. The van der Waals surface area contributed by atoms with Crippen LogP contribution in [0.3, 0.4) is 0 Å². The number of ether oxygens (including phenoxy) is 2. The lowest BCUT2D eigenvalue weighted by atomic mass is 10.3. The third kappa shape index (κ3) is 3.42. The molecule has 1 aromatic heterocycles. The van der Waals surface area contributed by atoms with E-state index < -0.39 is 0 Å². The van der Waals surface area contributed by atoms with Gasteiger partial charge >= 0.3 is 0 Å². The van der Waals surface area contributed by atoms with Gasteiger partial charge in [0.25, 0.3) is 0 Å². The summed E-state index contributed by atoms with van der Waals surface area (Å²) >= 11 is 8.29. The standard InChI is InChI=1S/C13H11BrN2O2S/c1-17-8-5-6-11(9(14)7-8)18-12-4-2-3-10(16-12)13(15)19/h2-7H,1H3,(H2,15,19). The summed E-state index contributed by atoms with van der Waals surface area (Å²) in [6, 6.07) is 10.7. The average molecular weight is 339 g/mol. The summed E-state index contributed by atoms with van der Waals surface area (Å²) < 4.78 is 11.6. The molecule has 2 aromatic rings. The molecule has 1 aromatic carbocycles. The molecule has 0 saturated carbocycles. The number of rotatable bonds is 4. The molecule has 2 rings (SSSR count). The third-order valence-corrected chi connectivity index (χ3v) is 3.16. The van der Waals surface area contributed by atoms with Crippen molar-refractivity contribution in [2.24, 2.45) is 5.73 Å². The van der Waals surface area contributed by atoms with Crippen LogP contribution in [0.2, 0.25) is 0 Å². The van der Waals surface area contributed by atoms with Crippen LogP contribution >= 0.6 is 28.1 Å². The zero-order valence-electron chi connectivity index (χ0n) is 10.1. The first-order valence-corrected chi connectivity index (χ1v) is 6.58. The van der Waals surface area contributed by atoms with Crippen molar-refractivity contribution in [3.63, 3.8) is 0 Å².